The zero-order valence-corrected chi connectivity index (χ0v) is 11.9. The standard InChI is InChI=1S/C15H13Cl2NO/c1-2-19-13-6-3-11(4-7-13)10-18-12-5-8-14(16)15(17)9-12/h3-10H,2H2,1H3. The molecule has 0 atom stereocenters. The summed E-state index contributed by atoms with van der Waals surface area (Å²) in [6.07, 6.45) is 1.77. The molecule has 0 bridgehead atoms. The minimum Gasteiger partial charge on any atom is -0.494 e. The Labute approximate surface area is 122 Å². The molecule has 19 heavy (non-hydrogen) atoms. The Morgan fingerprint density at radius 3 is 2.42 bits per heavy atom. The second-order valence-electron chi connectivity index (χ2n) is 3.86. The highest BCUT2D eigenvalue weighted by Gasteiger charge is 1.97. The average molecular weight is 294 g/mol. The van der Waals surface area contributed by atoms with E-state index in [1.54, 1.807) is 18.3 Å². The van der Waals surface area contributed by atoms with Gasteiger partial charge in [-0.05, 0) is 55.0 Å². The number of hydrogen-bond acceptors (Lipinski definition) is 2. The summed E-state index contributed by atoms with van der Waals surface area (Å²) in [5, 5.41) is 1.03. The number of rotatable bonds is 4. The van der Waals surface area contributed by atoms with E-state index in [2.05, 4.69) is 4.99 Å². The molecule has 0 aliphatic carbocycles. The number of aliphatic imine (C=N–C) groups is 1. The molecule has 2 aromatic rings. The van der Waals surface area contributed by atoms with Crippen molar-refractivity contribution in [1.82, 2.24) is 0 Å². The van der Waals surface area contributed by atoms with E-state index in [1.165, 1.54) is 0 Å². The summed E-state index contributed by atoms with van der Waals surface area (Å²) < 4.78 is 5.38. The lowest BCUT2D eigenvalue weighted by atomic mass is 10.2. The van der Waals surface area contributed by atoms with Gasteiger partial charge in [-0.2, -0.15) is 0 Å². The molecule has 2 rings (SSSR count). The molecule has 0 radical (unpaired) electrons. The average Bonchev–Trinajstić information content (AvgIpc) is 2.42. The Morgan fingerprint density at radius 1 is 1.05 bits per heavy atom. The first kappa shape index (κ1) is 13.9. The van der Waals surface area contributed by atoms with Gasteiger partial charge in [0.1, 0.15) is 5.75 Å². The summed E-state index contributed by atoms with van der Waals surface area (Å²) in [5.74, 6) is 0.856. The molecule has 0 unspecified atom stereocenters. The third-order valence-electron chi connectivity index (χ3n) is 2.46. The van der Waals surface area contributed by atoms with Crippen molar-refractivity contribution in [1.29, 1.82) is 0 Å². The first-order valence-corrected chi connectivity index (χ1v) is 6.66. The van der Waals surface area contributed by atoms with Gasteiger partial charge in [0.05, 0.1) is 22.3 Å². The number of halogens is 2. The highest BCUT2D eigenvalue weighted by molar-refractivity contribution is 6.42. The fourth-order valence-electron chi connectivity index (χ4n) is 1.53. The van der Waals surface area contributed by atoms with Gasteiger partial charge in [-0.25, -0.2) is 0 Å². The van der Waals surface area contributed by atoms with Gasteiger partial charge >= 0.3 is 0 Å². The van der Waals surface area contributed by atoms with Crippen molar-refractivity contribution in [2.75, 3.05) is 6.61 Å². The molecule has 0 saturated carbocycles. The van der Waals surface area contributed by atoms with Crippen molar-refractivity contribution in [3.63, 3.8) is 0 Å². The lowest BCUT2D eigenvalue weighted by Crippen LogP contribution is -1.91. The minimum atomic E-state index is 0.503. The van der Waals surface area contributed by atoms with Crippen molar-refractivity contribution in [2.24, 2.45) is 4.99 Å². The Bertz CT molecular complexity index is 579. The summed E-state index contributed by atoms with van der Waals surface area (Å²) in [5.41, 5.74) is 1.76. The van der Waals surface area contributed by atoms with Crippen LogP contribution in [0.25, 0.3) is 0 Å². The molecule has 0 N–H and O–H groups in total. The smallest absolute Gasteiger partial charge is 0.119 e. The molecule has 0 aromatic heterocycles. The van der Waals surface area contributed by atoms with E-state index >= 15 is 0 Å². The second-order valence-corrected chi connectivity index (χ2v) is 4.67. The molecular formula is C15H13Cl2NO. The van der Waals surface area contributed by atoms with Crippen molar-refractivity contribution >= 4 is 35.1 Å². The third-order valence-corrected chi connectivity index (χ3v) is 3.20. The molecule has 0 aliphatic rings. The predicted molar refractivity (Wildman–Crippen MR) is 81.3 cm³/mol. The highest BCUT2D eigenvalue weighted by atomic mass is 35.5. The van der Waals surface area contributed by atoms with Gasteiger partial charge in [-0.1, -0.05) is 23.2 Å². The van der Waals surface area contributed by atoms with E-state index in [1.807, 2.05) is 37.3 Å². The van der Waals surface area contributed by atoms with Crippen LogP contribution in [0.3, 0.4) is 0 Å². The van der Waals surface area contributed by atoms with Crippen LogP contribution >= 0.6 is 23.2 Å². The molecule has 2 aromatic carbocycles. The molecule has 0 aliphatic heterocycles. The molecule has 0 heterocycles. The van der Waals surface area contributed by atoms with Crippen LogP contribution < -0.4 is 4.74 Å². The van der Waals surface area contributed by atoms with Crippen LogP contribution in [0, 0.1) is 0 Å². The van der Waals surface area contributed by atoms with Crippen LogP contribution in [0.2, 0.25) is 10.0 Å². The lowest BCUT2D eigenvalue weighted by Gasteiger charge is -2.02. The lowest BCUT2D eigenvalue weighted by molar-refractivity contribution is 0.340. The maximum Gasteiger partial charge on any atom is 0.119 e. The fourth-order valence-corrected chi connectivity index (χ4v) is 1.82. The van der Waals surface area contributed by atoms with Gasteiger partial charge in [-0.3, -0.25) is 4.99 Å². The molecular weight excluding hydrogens is 281 g/mol. The van der Waals surface area contributed by atoms with Crippen LogP contribution in [0.4, 0.5) is 5.69 Å². The SMILES string of the molecule is CCOc1ccc(C=Nc2ccc(Cl)c(Cl)c2)cc1. The topological polar surface area (TPSA) is 21.6 Å². The Balaban J connectivity index is 2.11. The number of ether oxygens (including phenoxy) is 1. The summed E-state index contributed by atoms with van der Waals surface area (Å²) in [6, 6.07) is 13.0. The van der Waals surface area contributed by atoms with E-state index in [4.69, 9.17) is 27.9 Å². The van der Waals surface area contributed by atoms with Crippen LogP contribution in [-0.4, -0.2) is 12.8 Å². The summed E-state index contributed by atoms with van der Waals surface area (Å²) >= 11 is 11.8. The normalized spacial score (nSPS) is 10.9. The van der Waals surface area contributed by atoms with Crippen LogP contribution in [0.15, 0.2) is 47.5 Å². The van der Waals surface area contributed by atoms with Crippen LogP contribution in [0.5, 0.6) is 5.75 Å². The summed E-state index contributed by atoms with van der Waals surface area (Å²) in [4.78, 5) is 4.35. The molecule has 0 fully saturated rings. The molecule has 0 spiro atoms. The van der Waals surface area contributed by atoms with Gasteiger partial charge in [-0.15, -0.1) is 0 Å². The Kier molecular flexibility index (Phi) is 4.83. The second kappa shape index (κ2) is 6.60. The quantitative estimate of drug-likeness (QED) is 0.715. The first-order chi connectivity index (χ1) is 9.19. The molecule has 4 heteroatoms. The van der Waals surface area contributed by atoms with Gasteiger partial charge < -0.3 is 4.74 Å². The highest BCUT2D eigenvalue weighted by Crippen LogP contribution is 2.26. The van der Waals surface area contributed by atoms with Gasteiger partial charge in [0.25, 0.3) is 0 Å². The van der Waals surface area contributed by atoms with Crippen molar-refractivity contribution in [3.8, 4) is 5.75 Å². The van der Waals surface area contributed by atoms with Crippen LogP contribution in [0.1, 0.15) is 12.5 Å². The largest absolute Gasteiger partial charge is 0.494 e. The maximum atomic E-state index is 5.93. The third kappa shape index (κ3) is 3.98. The zero-order valence-electron chi connectivity index (χ0n) is 10.4. The summed E-state index contributed by atoms with van der Waals surface area (Å²) in [6.45, 7) is 2.62. The van der Waals surface area contributed by atoms with Crippen LogP contribution in [-0.2, 0) is 0 Å². The van der Waals surface area contributed by atoms with Gasteiger partial charge in [0.2, 0.25) is 0 Å². The van der Waals surface area contributed by atoms with Crippen molar-refractivity contribution in [3.05, 3.63) is 58.1 Å². The predicted octanol–water partition coefficient (Wildman–Crippen LogP) is 5.14. The zero-order chi connectivity index (χ0) is 13.7. The monoisotopic (exact) mass is 293 g/mol. The fraction of sp³-hybridized carbons (Fsp3) is 0.133. The minimum absolute atomic E-state index is 0.503. The maximum absolute atomic E-state index is 5.93. The number of benzene rings is 2. The van der Waals surface area contributed by atoms with E-state index < -0.39 is 0 Å². The number of nitrogens with zero attached hydrogens (tertiary/aromatic N) is 1. The van der Waals surface area contributed by atoms with E-state index in [-0.39, 0.29) is 0 Å². The van der Waals surface area contributed by atoms with E-state index in [0.29, 0.717) is 16.7 Å². The molecule has 0 amide bonds. The molecule has 0 saturated heterocycles. The van der Waals surface area contributed by atoms with Gasteiger partial charge in [0, 0.05) is 6.21 Å². The first-order valence-electron chi connectivity index (χ1n) is 5.91. The van der Waals surface area contributed by atoms with Crippen molar-refractivity contribution < 1.29 is 4.74 Å². The molecule has 2 nitrogen and oxygen atoms in total. The summed E-state index contributed by atoms with van der Waals surface area (Å²) in [7, 11) is 0. The Hall–Kier alpha value is -1.51. The van der Waals surface area contributed by atoms with Gasteiger partial charge in [0.15, 0.2) is 0 Å². The Morgan fingerprint density at radius 2 is 1.79 bits per heavy atom. The number of hydrogen-bond donors (Lipinski definition) is 0. The van der Waals surface area contributed by atoms with E-state index in [9.17, 15) is 0 Å². The van der Waals surface area contributed by atoms with E-state index in [0.717, 1.165) is 17.0 Å². The van der Waals surface area contributed by atoms with Crippen molar-refractivity contribution in [2.45, 2.75) is 6.92 Å². The molecule has 98 valence electrons.